The summed E-state index contributed by atoms with van der Waals surface area (Å²) < 4.78 is 5.13. The van der Waals surface area contributed by atoms with E-state index in [4.69, 9.17) is 15.1 Å². The van der Waals surface area contributed by atoms with Gasteiger partial charge in [-0.05, 0) is 30.7 Å². The highest BCUT2D eigenvalue weighted by Gasteiger charge is 2.08. The Hall–Kier alpha value is -1.57. The molecule has 1 N–H and O–H groups in total. The van der Waals surface area contributed by atoms with Crippen molar-refractivity contribution in [3.8, 4) is 11.8 Å². The topological polar surface area (TPSA) is 56.5 Å². The maximum Gasteiger partial charge on any atom is 0.136 e. The molecule has 0 fully saturated rings. The average Bonchev–Trinajstić information content (AvgIpc) is 2.44. The molecule has 0 aromatic heterocycles. The molecule has 0 saturated carbocycles. The monoisotopic (exact) mass is 262 g/mol. The van der Waals surface area contributed by atoms with Gasteiger partial charge in [0.05, 0.1) is 19.3 Å². The maximum absolute atomic E-state index is 9.08. The lowest BCUT2D eigenvalue weighted by Crippen LogP contribution is -2.27. The Kier molecular flexibility index (Phi) is 6.94. The number of ether oxygens (including phenoxy) is 1. The van der Waals surface area contributed by atoms with Crippen LogP contribution in [0.1, 0.15) is 30.9 Å². The number of hydrogen-bond acceptors (Lipinski definition) is 4. The summed E-state index contributed by atoms with van der Waals surface area (Å²) in [7, 11) is 1.56. The fourth-order valence-electron chi connectivity index (χ4n) is 1.99. The summed E-state index contributed by atoms with van der Waals surface area (Å²) in [6.45, 7) is 4.68. The number of unbranched alkanes of at least 4 members (excludes halogenated alkanes) is 1. The molecule has 0 saturated heterocycles. The summed E-state index contributed by atoms with van der Waals surface area (Å²) in [5, 5.41) is 18.2. The lowest BCUT2D eigenvalue weighted by Gasteiger charge is -2.21. The maximum atomic E-state index is 9.08. The number of methoxy groups -OCH3 is 1. The number of hydrogen-bond donors (Lipinski definition) is 1. The Balaban J connectivity index is 2.76. The van der Waals surface area contributed by atoms with E-state index in [0.29, 0.717) is 17.9 Å². The summed E-state index contributed by atoms with van der Waals surface area (Å²) in [5.74, 6) is 0.605. The molecule has 4 nitrogen and oxygen atoms in total. The van der Waals surface area contributed by atoms with Crippen LogP contribution in [0.25, 0.3) is 0 Å². The lowest BCUT2D eigenvalue weighted by atomic mass is 10.1. The van der Waals surface area contributed by atoms with Crippen molar-refractivity contribution in [2.45, 2.75) is 26.3 Å². The molecule has 19 heavy (non-hydrogen) atoms. The number of benzene rings is 1. The van der Waals surface area contributed by atoms with Crippen LogP contribution in [0.4, 0.5) is 0 Å². The van der Waals surface area contributed by atoms with Gasteiger partial charge in [0.2, 0.25) is 0 Å². The Bertz CT molecular complexity index is 427. The van der Waals surface area contributed by atoms with Gasteiger partial charge in [-0.1, -0.05) is 19.4 Å². The Morgan fingerprint density at radius 1 is 1.37 bits per heavy atom. The van der Waals surface area contributed by atoms with Crippen LogP contribution in [-0.4, -0.2) is 36.8 Å². The zero-order valence-electron chi connectivity index (χ0n) is 11.7. The number of nitriles is 1. The first kappa shape index (κ1) is 15.5. The molecule has 0 heterocycles. The van der Waals surface area contributed by atoms with Crippen molar-refractivity contribution >= 4 is 0 Å². The van der Waals surface area contributed by atoms with Crippen molar-refractivity contribution in [3.63, 3.8) is 0 Å². The summed E-state index contributed by atoms with van der Waals surface area (Å²) >= 11 is 0. The fourth-order valence-corrected chi connectivity index (χ4v) is 1.99. The smallest absolute Gasteiger partial charge is 0.136 e. The molecule has 4 heteroatoms. The molecule has 1 aromatic carbocycles. The minimum absolute atomic E-state index is 0.158. The highest BCUT2D eigenvalue weighted by Crippen LogP contribution is 2.19. The number of rotatable bonds is 8. The van der Waals surface area contributed by atoms with Crippen molar-refractivity contribution in [1.29, 1.82) is 5.26 Å². The van der Waals surface area contributed by atoms with Gasteiger partial charge in [0.15, 0.2) is 0 Å². The minimum Gasteiger partial charge on any atom is -0.495 e. The van der Waals surface area contributed by atoms with Gasteiger partial charge < -0.3 is 9.84 Å². The first-order valence-corrected chi connectivity index (χ1v) is 6.65. The highest BCUT2D eigenvalue weighted by molar-refractivity contribution is 5.45. The second-order valence-corrected chi connectivity index (χ2v) is 4.50. The molecule has 0 aliphatic rings. The average molecular weight is 262 g/mol. The zero-order chi connectivity index (χ0) is 14.1. The first-order valence-electron chi connectivity index (χ1n) is 6.65. The third-order valence-corrected chi connectivity index (χ3v) is 3.03. The van der Waals surface area contributed by atoms with Crippen molar-refractivity contribution < 1.29 is 9.84 Å². The largest absolute Gasteiger partial charge is 0.495 e. The Morgan fingerprint density at radius 2 is 2.16 bits per heavy atom. The molecule has 0 unspecified atom stereocenters. The number of nitrogens with zero attached hydrogens (tertiary/aromatic N) is 2. The molecular weight excluding hydrogens is 240 g/mol. The van der Waals surface area contributed by atoms with Crippen molar-refractivity contribution in [3.05, 3.63) is 29.3 Å². The number of aliphatic hydroxyl groups excluding tert-OH is 1. The predicted octanol–water partition coefficient (Wildman–Crippen LogP) is 2.16. The van der Waals surface area contributed by atoms with Gasteiger partial charge in [0, 0.05) is 13.1 Å². The van der Waals surface area contributed by atoms with E-state index in [2.05, 4.69) is 17.9 Å². The second kappa shape index (κ2) is 8.52. The molecular formula is C15H22N2O2. The van der Waals surface area contributed by atoms with Crippen LogP contribution in [-0.2, 0) is 6.54 Å². The minimum atomic E-state index is 0.158. The van der Waals surface area contributed by atoms with Crippen LogP contribution in [0.3, 0.4) is 0 Å². The van der Waals surface area contributed by atoms with Crippen LogP contribution in [0.15, 0.2) is 18.2 Å². The van der Waals surface area contributed by atoms with E-state index < -0.39 is 0 Å². The van der Waals surface area contributed by atoms with Crippen LogP contribution >= 0.6 is 0 Å². The van der Waals surface area contributed by atoms with Crippen molar-refractivity contribution in [1.82, 2.24) is 4.90 Å². The SMILES string of the molecule is CCCCN(CCO)Cc1ccc(OC)c(C#N)c1. The predicted molar refractivity (Wildman–Crippen MR) is 75.0 cm³/mol. The Labute approximate surface area is 115 Å². The quantitative estimate of drug-likeness (QED) is 0.780. The van der Waals surface area contributed by atoms with E-state index in [1.165, 1.54) is 0 Å². The zero-order valence-corrected chi connectivity index (χ0v) is 11.7. The molecule has 1 aromatic rings. The molecule has 1 rings (SSSR count). The summed E-state index contributed by atoms with van der Waals surface area (Å²) in [4.78, 5) is 2.20. The molecule has 0 radical (unpaired) electrons. The van der Waals surface area contributed by atoms with Crippen LogP contribution in [0.5, 0.6) is 5.75 Å². The van der Waals surface area contributed by atoms with Gasteiger partial charge >= 0.3 is 0 Å². The van der Waals surface area contributed by atoms with Crippen molar-refractivity contribution in [2.75, 3.05) is 26.8 Å². The van der Waals surface area contributed by atoms with E-state index >= 15 is 0 Å². The van der Waals surface area contributed by atoms with Crippen LogP contribution < -0.4 is 4.74 Å². The molecule has 0 aliphatic heterocycles. The van der Waals surface area contributed by atoms with Gasteiger partial charge in [-0.15, -0.1) is 0 Å². The third kappa shape index (κ3) is 4.90. The fraction of sp³-hybridized carbons (Fsp3) is 0.533. The lowest BCUT2D eigenvalue weighted by molar-refractivity contribution is 0.188. The van der Waals surface area contributed by atoms with Crippen LogP contribution in [0, 0.1) is 11.3 Å². The van der Waals surface area contributed by atoms with E-state index in [0.717, 1.165) is 31.5 Å². The van der Waals surface area contributed by atoms with Crippen LogP contribution in [0.2, 0.25) is 0 Å². The van der Waals surface area contributed by atoms with Crippen molar-refractivity contribution in [2.24, 2.45) is 0 Å². The summed E-state index contributed by atoms with van der Waals surface area (Å²) in [6, 6.07) is 7.79. The van der Waals surface area contributed by atoms with Gasteiger partial charge in [-0.3, -0.25) is 4.90 Å². The summed E-state index contributed by atoms with van der Waals surface area (Å²) in [6.07, 6.45) is 2.25. The van der Waals surface area contributed by atoms with E-state index in [1.807, 2.05) is 18.2 Å². The molecule has 0 aliphatic carbocycles. The van der Waals surface area contributed by atoms with E-state index in [9.17, 15) is 0 Å². The standard InChI is InChI=1S/C15H22N2O2/c1-3-4-7-17(8-9-18)12-13-5-6-15(19-2)14(10-13)11-16/h5-6,10,18H,3-4,7-9,12H2,1-2H3. The Morgan fingerprint density at radius 3 is 2.74 bits per heavy atom. The first-order chi connectivity index (χ1) is 9.24. The third-order valence-electron chi connectivity index (χ3n) is 3.03. The second-order valence-electron chi connectivity index (χ2n) is 4.50. The van der Waals surface area contributed by atoms with Gasteiger partial charge in [-0.2, -0.15) is 5.26 Å². The molecule has 0 atom stereocenters. The molecule has 0 bridgehead atoms. The normalized spacial score (nSPS) is 10.5. The van der Waals surface area contributed by atoms with Gasteiger partial charge in [0.1, 0.15) is 11.8 Å². The molecule has 0 spiro atoms. The summed E-state index contributed by atoms with van der Waals surface area (Å²) in [5.41, 5.74) is 1.63. The highest BCUT2D eigenvalue weighted by atomic mass is 16.5. The van der Waals surface area contributed by atoms with E-state index in [-0.39, 0.29) is 6.61 Å². The van der Waals surface area contributed by atoms with Gasteiger partial charge in [0.25, 0.3) is 0 Å². The number of aliphatic hydroxyl groups is 1. The molecule has 0 amide bonds. The van der Waals surface area contributed by atoms with E-state index in [1.54, 1.807) is 7.11 Å². The molecule has 104 valence electrons. The van der Waals surface area contributed by atoms with Gasteiger partial charge in [-0.25, -0.2) is 0 Å².